The van der Waals surface area contributed by atoms with Gasteiger partial charge in [0.1, 0.15) is 0 Å². The molecule has 0 saturated carbocycles. The Labute approximate surface area is 110 Å². The Morgan fingerprint density at radius 3 is 1.94 bits per heavy atom. The van der Waals surface area contributed by atoms with Gasteiger partial charge in [0.15, 0.2) is 0 Å². The summed E-state index contributed by atoms with van der Waals surface area (Å²) in [4.78, 5) is 0. The van der Waals surface area contributed by atoms with Gasteiger partial charge in [-0.25, -0.2) is 0 Å². The van der Waals surface area contributed by atoms with Crippen molar-refractivity contribution in [2.45, 2.75) is 25.8 Å². The Morgan fingerprint density at radius 1 is 0.833 bits per heavy atom. The minimum atomic E-state index is 0.495. The quantitative estimate of drug-likeness (QED) is 0.843. The molecule has 0 aliphatic carbocycles. The predicted molar refractivity (Wildman–Crippen MR) is 77.9 cm³/mol. The molecule has 0 aromatic heterocycles. The smallest absolute Gasteiger partial charge is 0.0145 e. The fourth-order valence-electron chi connectivity index (χ4n) is 2.18. The van der Waals surface area contributed by atoms with E-state index in [-0.39, 0.29) is 0 Å². The van der Waals surface area contributed by atoms with Crippen LogP contribution in [-0.4, -0.2) is 13.1 Å². The van der Waals surface area contributed by atoms with Crippen molar-refractivity contribution in [1.29, 1.82) is 0 Å². The average Bonchev–Trinajstić information content (AvgIpc) is 2.41. The molecule has 2 aromatic rings. The van der Waals surface area contributed by atoms with Gasteiger partial charge in [-0.2, -0.15) is 0 Å². The average molecular weight is 239 g/mol. The molecule has 1 heteroatoms. The van der Waals surface area contributed by atoms with E-state index >= 15 is 0 Å². The summed E-state index contributed by atoms with van der Waals surface area (Å²) in [5.74, 6) is 0. The van der Waals surface area contributed by atoms with Gasteiger partial charge < -0.3 is 5.32 Å². The summed E-state index contributed by atoms with van der Waals surface area (Å²) in [7, 11) is 2.04. The van der Waals surface area contributed by atoms with Gasteiger partial charge in [0.2, 0.25) is 0 Å². The van der Waals surface area contributed by atoms with Gasteiger partial charge in [-0.3, -0.25) is 0 Å². The molecule has 0 heterocycles. The second kappa shape index (κ2) is 6.36. The number of hydrogen-bond acceptors (Lipinski definition) is 1. The van der Waals surface area contributed by atoms with E-state index in [1.807, 2.05) is 7.05 Å². The summed E-state index contributed by atoms with van der Waals surface area (Å²) < 4.78 is 0. The Hall–Kier alpha value is -1.60. The van der Waals surface area contributed by atoms with Crippen molar-refractivity contribution in [3.8, 4) is 0 Å². The van der Waals surface area contributed by atoms with E-state index in [2.05, 4.69) is 66.8 Å². The van der Waals surface area contributed by atoms with Crippen molar-refractivity contribution in [3.05, 3.63) is 71.3 Å². The molecule has 0 amide bonds. The van der Waals surface area contributed by atoms with Crippen LogP contribution < -0.4 is 5.32 Å². The highest BCUT2D eigenvalue weighted by Crippen LogP contribution is 2.10. The molecule has 1 atom stereocenters. The fraction of sp³-hybridized carbons (Fsp3) is 0.294. The van der Waals surface area contributed by atoms with E-state index in [1.54, 1.807) is 0 Å². The van der Waals surface area contributed by atoms with E-state index in [1.165, 1.54) is 16.7 Å². The van der Waals surface area contributed by atoms with Crippen molar-refractivity contribution in [3.63, 3.8) is 0 Å². The minimum Gasteiger partial charge on any atom is -0.316 e. The topological polar surface area (TPSA) is 12.0 Å². The van der Waals surface area contributed by atoms with Crippen molar-refractivity contribution in [1.82, 2.24) is 5.32 Å². The molecule has 0 radical (unpaired) electrons. The van der Waals surface area contributed by atoms with Crippen LogP contribution in [0.4, 0.5) is 0 Å². The number of aryl methyl sites for hydroxylation is 1. The lowest BCUT2D eigenvalue weighted by Crippen LogP contribution is -2.29. The standard InChI is InChI=1S/C17H21N/c1-14-8-10-16(11-9-14)13-17(18-2)12-15-6-4-3-5-7-15/h3-11,17-18H,12-13H2,1-2H3. The second-order valence-corrected chi connectivity index (χ2v) is 4.87. The Bertz CT molecular complexity index is 459. The van der Waals surface area contributed by atoms with Crippen molar-refractivity contribution in [2.75, 3.05) is 7.05 Å². The SMILES string of the molecule is CNC(Cc1ccccc1)Cc1ccc(C)cc1. The number of benzene rings is 2. The third kappa shape index (κ3) is 3.71. The molecule has 1 N–H and O–H groups in total. The zero-order valence-electron chi connectivity index (χ0n) is 11.2. The Kier molecular flexibility index (Phi) is 4.54. The number of rotatable bonds is 5. The first kappa shape index (κ1) is 12.8. The van der Waals surface area contributed by atoms with Gasteiger partial charge in [0, 0.05) is 6.04 Å². The first-order chi connectivity index (χ1) is 8.78. The molecular weight excluding hydrogens is 218 g/mol. The predicted octanol–water partition coefficient (Wildman–Crippen LogP) is 3.37. The molecule has 0 aliphatic rings. The maximum atomic E-state index is 3.41. The summed E-state index contributed by atoms with van der Waals surface area (Å²) >= 11 is 0. The summed E-state index contributed by atoms with van der Waals surface area (Å²) in [6, 6.07) is 20.0. The first-order valence-electron chi connectivity index (χ1n) is 6.54. The van der Waals surface area contributed by atoms with Gasteiger partial charge >= 0.3 is 0 Å². The summed E-state index contributed by atoms with van der Waals surface area (Å²) in [6.07, 6.45) is 2.15. The van der Waals surface area contributed by atoms with E-state index in [4.69, 9.17) is 0 Å². The van der Waals surface area contributed by atoms with Crippen LogP contribution in [0, 0.1) is 6.92 Å². The van der Waals surface area contributed by atoms with Gasteiger partial charge in [-0.15, -0.1) is 0 Å². The summed E-state index contributed by atoms with van der Waals surface area (Å²) in [6.45, 7) is 2.13. The maximum absolute atomic E-state index is 3.41. The van der Waals surface area contributed by atoms with Crippen LogP contribution in [0.2, 0.25) is 0 Å². The monoisotopic (exact) mass is 239 g/mol. The van der Waals surface area contributed by atoms with Gasteiger partial charge in [0.05, 0.1) is 0 Å². The van der Waals surface area contributed by atoms with Crippen LogP contribution in [0.5, 0.6) is 0 Å². The van der Waals surface area contributed by atoms with Crippen LogP contribution in [0.1, 0.15) is 16.7 Å². The second-order valence-electron chi connectivity index (χ2n) is 4.87. The van der Waals surface area contributed by atoms with E-state index in [9.17, 15) is 0 Å². The molecule has 1 unspecified atom stereocenters. The van der Waals surface area contributed by atoms with Crippen LogP contribution in [0.3, 0.4) is 0 Å². The van der Waals surface area contributed by atoms with Gasteiger partial charge in [-0.1, -0.05) is 60.2 Å². The molecule has 0 bridgehead atoms. The zero-order valence-corrected chi connectivity index (χ0v) is 11.2. The third-order valence-corrected chi connectivity index (χ3v) is 3.34. The lowest BCUT2D eigenvalue weighted by molar-refractivity contribution is 0.556. The van der Waals surface area contributed by atoms with Gasteiger partial charge in [-0.05, 0) is 37.9 Å². The minimum absolute atomic E-state index is 0.495. The third-order valence-electron chi connectivity index (χ3n) is 3.34. The Balaban J connectivity index is 1.99. The highest BCUT2D eigenvalue weighted by molar-refractivity contribution is 5.23. The van der Waals surface area contributed by atoms with Crippen molar-refractivity contribution in [2.24, 2.45) is 0 Å². The van der Waals surface area contributed by atoms with Gasteiger partial charge in [0.25, 0.3) is 0 Å². The van der Waals surface area contributed by atoms with Crippen molar-refractivity contribution >= 4 is 0 Å². The number of nitrogens with one attached hydrogen (secondary N) is 1. The fourth-order valence-corrected chi connectivity index (χ4v) is 2.18. The molecule has 0 fully saturated rings. The van der Waals surface area contributed by atoms with Crippen LogP contribution >= 0.6 is 0 Å². The van der Waals surface area contributed by atoms with Crippen LogP contribution in [0.15, 0.2) is 54.6 Å². The lowest BCUT2D eigenvalue weighted by atomic mass is 9.98. The Morgan fingerprint density at radius 2 is 1.39 bits per heavy atom. The summed E-state index contributed by atoms with van der Waals surface area (Å²) in [5.41, 5.74) is 4.11. The molecule has 0 saturated heterocycles. The molecule has 0 spiro atoms. The largest absolute Gasteiger partial charge is 0.316 e. The van der Waals surface area contributed by atoms with E-state index in [0.717, 1.165) is 12.8 Å². The lowest BCUT2D eigenvalue weighted by Gasteiger charge is -2.16. The highest BCUT2D eigenvalue weighted by atomic mass is 14.9. The van der Waals surface area contributed by atoms with E-state index < -0.39 is 0 Å². The molecule has 18 heavy (non-hydrogen) atoms. The normalized spacial score (nSPS) is 12.3. The molecule has 94 valence electrons. The number of likely N-dealkylation sites (N-methyl/N-ethyl adjacent to an activating group) is 1. The number of hydrogen-bond donors (Lipinski definition) is 1. The molecule has 2 aromatic carbocycles. The van der Waals surface area contributed by atoms with E-state index in [0.29, 0.717) is 6.04 Å². The molecular formula is C17H21N. The van der Waals surface area contributed by atoms with Crippen LogP contribution in [0.25, 0.3) is 0 Å². The highest BCUT2D eigenvalue weighted by Gasteiger charge is 2.08. The zero-order chi connectivity index (χ0) is 12.8. The molecule has 2 rings (SSSR count). The van der Waals surface area contributed by atoms with Crippen molar-refractivity contribution < 1.29 is 0 Å². The summed E-state index contributed by atoms with van der Waals surface area (Å²) in [5, 5.41) is 3.41. The molecule has 0 aliphatic heterocycles. The first-order valence-corrected chi connectivity index (χ1v) is 6.54. The maximum Gasteiger partial charge on any atom is 0.0145 e. The molecule has 1 nitrogen and oxygen atoms in total. The van der Waals surface area contributed by atoms with Crippen LogP contribution in [-0.2, 0) is 12.8 Å².